The molecule has 0 aromatic heterocycles. The Morgan fingerprint density at radius 2 is 1.80 bits per heavy atom. The highest BCUT2D eigenvalue weighted by molar-refractivity contribution is 7.88. The van der Waals surface area contributed by atoms with Gasteiger partial charge in [0.25, 0.3) is 0 Å². The number of nitrogens with zero attached hydrogens (tertiary/aromatic N) is 4. The van der Waals surface area contributed by atoms with Gasteiger partial charge in [-0.1, -0.05) is 13.8 Å². The molecule has 0 saturated carbocycles. The van der Waals surface area contributed by atoms with Gasteiger partial charge in [-0.15, -0.1) is 0 Å². The number of rotatable bonds is 6. The van der Waals surface area contributed by atoms with E-state index < -0.39 is 10.0 Å². The van der Waals surface area contributed by atoms with Gasteiger partial charge in [0.2, 0.25) is 10.0 Å². The molecule has 0 aromatic rings. The molecule has 25 heavy (non-hydrogen) atoms. The minimum Gasteiger partial charge on any atom is -0.356 e. The molecule has 2 rings (SSSR count). The number of guanidine groups is 1. The first-order chi connectivity index (χ1) is 11.9. The van der Waals surface area contributed by atoms with Crippen molar-refractivity contribution < 1.29 is 8.42 Å². The third-order valence-electron chi connectivity index (χ3n) is 5.59. The zero-order chi connectivity index (χ0) is 18.4. The number of likely N-dealkylation sites (tertiary alicyclic amines) is 1. The molecule has 0 amide bonds. The number of hydrogen-bond donors (Lipinski definition) is 1. The van der Waals surface area contributed by atoms with E-state index in [2.05, 4.69) is 34.0 Å². The van der Waals surface area contributed by atoms with Crippen molar-refractivity contribution in [3.8, 4) is 0 Å². The van der Waals surface area contributed by atoms with Crippen LogP contribution in [0, 0.1) is 5.92 Å². The maximum atomic E-state index is 11.6. The van der Waals surface area contributed by atoms with E-state index in [4.69, 9.17) is 0 Å². The van der Waals surface area contributed by atoms with Crippen LogP contribution in [0.3, 0.4) is 0 Å². The van der Waals surface area contributed by atoms with Crippen molar-refractivity contribution in [2.45, 2.75) is 39.2 Å². The SMILES string of the molecule is CCN(CC)C1CCN(C(=NC)NCC2CCN(S(C)(=O)=O)CC2)C1. The Kier molecular flexibility index (Phi) is 7.51. The van der Waals surface area contributed by atoms with Crippen molar-refractivity contribution in [3.63, 3.8) is 0 Å². The fourth-order valence-electron chi connectivity index (χ4n) is 3.99. The monoisotopic (exact) mass is 373 g/mol. The minimum absolute atomic E-state index is 0.510. The third-order valence-corrected chi connectivity index (χ3v) is 6.90. The number of nitrogens with one attached hydrogen (secondary N) is 1. The lowest BCUT2D eigenvalue weighted by atomic mass is 9.98. The first kappa shape index (κ1) is 20.5. The number of likely N-dealkylation sites (N-methyl/N-ethyl adjacent to an activating group) is 1. The molecule has 8 heteroatoms. The summed E-state index contributed by atoms with van der Waals surface area (Å²) >= 11 is 0. The highest BCUT2D eigenvalue weighted by Gasteiger charge is 2.29. The fourth-order valence-corrected chi connectivity index (χ4v) is 4.86. The van der Waals surface area contributed by atoms with Gasteiger partial charge in [-0.25, -0.2) is 12.7 Å². The van der Waals surface area contributed by atoms with Gasteiger partial charge in [0, 0.05) is 45.8 Å². The molecule has 1 unspecified atom stereocenters. The lowest BCUT2D eigenvalue weighted by molar-refractivity contribution is 0.223. The molecule has 2 saturated heterocycles. The summed E-state index contributed by atoms with van der Waals surface area (Å²) in [6.45, 7) is 10.9. The summed E-state index contributed by atoms with van der Waals surface area (Å²) in [6.07, 6.45) is 4.32. The van der Waals surface area contributed by atoms with Gasteiger partial charge in [0.05, 0.1) is 6.26 Å². The third kappa shape index (κ3) is 5.56. The van der Waals surface area contributed by atoms with Crippen LogP contribution in [0.5, 0.6) is 0 Å². The maximum Gasteiger partial charge on any atom is 0.211 e. The largest absolute Gasteiger partial charge is 0.356 e. The van der Waals surface area contributed by atoms with Gasteiger partial charge in [-0.2, -0.15) is 0 Å². The van der Waals surface area contributed by atoms with Crippen LogP contribution >= 0.6 is 0 Å². The smallest absolute Gasteiger partial charge is 0.211 e. The van der Waals surface area contributed by atoms with E-state index in [9.17, 15) is 8.42 Å². The fraction of sp³-hybridized carbons (Fsp3) is 0.941. The number of piperidine rings is 1. The van der Waals surface area contributed by atoms with Gasteiger partial charge in [-0.05, 0) is 38.3 Å². The minimum atomic E-state index is -3.04. The standard InChI is InChI=1S/C17H35N5O2S/c1-5-20(6-2)16-9-10-21(14-16)17(18-3)19-13-15-7-11-22(12-8-15)25(4,23)24/h15-16H,5-14H2,1-4H3,(H,18,19). The summed E-state index contributed by atoms with van der Waals surface area (Å²) in [7, 11) is -1.19. The Hall–Kier alpha value is -0.860. The highest BCUT2D eigenvalue weighted by Crippen LogP contribution is 2.19. The summed E-state index contributed by atoms with van der Waals surface area (Å²) in [6, 6.07) is 0.617. The van der Waals surface area contributed by atoms with Crippen LogP contribution in [0.1, 0.15) is 33.1 Å². The Morgan fingerprint density at radius 1 is 1.16 bits per heavy atom. The second-order valence-corrected chi connectivity index (χ2v) is 9.13. The lowest BCUT2D eigenvalue weighted by Crippen LogP contribution is -2.46. The summed E-state index contributed by atoms with van der Waals surface area (Å²) in [5, 5.41) is 3.52. The van der Waals surface area contributed by atoms with Crippen molar-refractivity contribution in [3.05, 3.63) is 0 Å². The average Bonchev–Trinajstić information content (AvgIpc) is 3.06. The topological polar surface area (TPSA) is 68.2 Å². The lowest BCUT2D eigenvalue weighted by Gasteiger charge is -2.31. The summed E-state index contributed by atoms with van der Waals surface area (Å²) < 4.78 is 24.8. The van der Waals surface area contributed by atoms with Gasteiger partial charge in [0.15, 0.2) is 5.96 Å². The van der Waals surface area contributed by atoms with Crippen LogP contribution in [-0.2, 0) is 10.0 Å². The van der Waals surface area contributed by atoms with Crippen LogP contribution in [-0.4, -0.2) is 93.6 Å². The molecule has 2 fully saturated rings. The Morgan fingerprint density at radius 3 is 2.32 bits per heavy atom. The molecule has 0 bridgehead atoms. The molecule has 7 nitrogen and oxygen atoms in total. The van der Waals surface area contributed by atoms with Crippen molar-refractivity contribution >= 4 is 16.0 Å². The number of aliphatic imine (C=N–C) groups is 1. The Labute approximate surface area is 153 Å². The number of sulfonamides is 1. The molecular formula is C17H35N5O2S. The van der Waals surface area contributed by atoms with E-state index in [1.807, 2.05) is 7.05 Å². The van der Waals surface area contributed by atoms with Crippen LogP contribution in [0.4, 0.5) is 0 Å². The van der Waals surface area contributed by atoms with Crippen LogP contribution < -0.4 is 5.32 Å². The molecule has 2 aliphatic rings. The zero-order valence-electron chi connectivity index (χ0n) is 16.2. The molecule has 0 aliphatic carbocycles. The molecule has 0 spiro atoms. The first-order valence-corrected chi connectivity index (χ1v) is 11.4. The second kappa shape index (κ2) is 9.19. The molecule has 0 aromatic carbocycles. The first-order valence-electron chi connectivity index (χ1n) is 9.53. The van der Waals surface area contributed by atoms with Crippen LogP contribution in [0.25, 0.3) is 0 Å². The summed E-state index contributed by atoms with van der Waals surface area (Å²) in [4.78, 5) is 9.34. The van der Waals surface area contributed by atoms with Crippen molar-refractivity contribution in [1.29, 1.82) is 0 Å². The van der Waals surface area contributed by atoms with E-state index in [0.29, 0.717) is 25.0 Å². The second-order valence-electron chi connectivity index (χ2n) is 7.14. The van der Waals surface area contributed by atoms with Crippen molar-refractivity contribution in [2.75, 3.05) is 59.1 Å². The number of hydrogen-bond acceptors (Lipinski definition) is 4. The van der Waals surface area contributed by atoms with Gasteiger partial charge < -0.3 is 10.2 Å². The summed E-state index contributed by atoms with van der Waals surface area (Å²) in [5.41, 5.74) is 0. The molecule has 1 N–H and O–H groups in total. The zero-order valence-corrected chi connectivity index (χ0v) is 17.1. The van der Waals surface area contributed by atoms with E-state index in [0.717, 1.165) is 51.5 Å². The predicted octanol–water partition coefficient (Wildman–Crippen LogP) is 0.650. The maximum absolute atomic E-state index is 11.6. The molecule has 2 heterocycles. The van der Waals surface area contributed by atoms with E-state index >= 15 is 0 Å². The molecule has 0 radical (unpaired) electrons. The predicted molar refractivity (Wildman–Crippen MR) is 103 cm³/mol. The van der Waals surface area contributed by atoms with Gasteiger partial charge in [0.1, 0.15) is 0 Å². The Bertz CT molecular complexity index is 539. The molecule has 146 valence electrons. The van der Waals surface area contributed by atoms with Gasteiger partial charge in [-0.3, -0.25) is 9.89 Å². The van der Waals surface area contributed by atoms with Crippen LogP contribution in [0.2, 0.25) is 0 Å². The van der Waals surface area contributed by atoms with Crippen LogP contribution in [0.15, 0.2) is 4.99 Å². The highest BCUT2D eigenvalue weighted by atomic mass is 32.2. The summed E-state index contributed by atoms with van der Waals surface area (Å²) in [5.74, 6) is 1.50. The average molecular weight is 374 g/mol. The van der Waals surface area contributed by atoms with Gasteiger partial charge >= 0.3 is 0 Å². The normalized spacial score (nSPS) is 24.3. The van der Waals surface area contributed by atoms with Crippen molar-refractivity contribution in [2.24, 2.45) is 10.9 Å². The van der Waals surface area contributed by atoms with E-state index in [1.54, 1.807) is 4.31 Å². The molecule has 1 atom stereocenters. The Balaban J connectivity index is 1.78. The molecular weight excluding hydrogens is 338 g/mol. The van der Waals surface area contributed by atoms with E-state index in [1.165, 1.54) is 12.7 Å². The molecule has 2 aliphatic heterocycles. The van der Waals surface area contributed by atoms with Crippen molar-refractivity contribution in [1.82, 2.24) is 19.4 Å². The van der Waals surface area contributed by atoms with E-state index in [-0.39, 0.29) is 0 Å². The quantitative estimate of drug-likeness (QED) is 0.547.